The Balaban J connectivity index is 3.12. The molecule has 1 rings (SSSR count). The number of carboxylic acid groups (broad SMARTS) is 1. The molecule has 1 aromatic rings. The first-order chi connectivity index (χ1) is 8.10. The molecular formula is C12H13BrN2O2. The number of hydrogen-bond donors (Lipinski definition) is 1. The van der Waals surface area contributed by atoms with E-state index in [0.29, 0.717) is 25.2 Å². The number of hydrogen-bond acceptors (Lipinski definition) is 3. The fraction of sp³-hybridized carbons (Fsp3) is 0.333. The summed E-state index contributed by atoms with van der Waals surface area (Å²) in [4.78, 5) is 13.0. The minimum absolute atomic E-state index is 0.257. The molecule has 0 heterocycles. The summed E-state index contributed by atoms with van der Waals surface area (Å²) in [6.45, 7) is 3.13. The molecule has 0 aliphatic heterocycles. The Morgan fingerprint density at radius 1 is 1.59 bits per heavy atom. The standard InChI is InChI=1S/C12H13BrN2O2/c1-2-15(7-3-6-14)11-8-9(13)4-5-10(11)12(16)17/h4-5,8H,2-3,7H2,1H3,(H,16,17). The van der Waals surface area contributed by atoms with Gasteiger partial charge in [-0.05, 0) is 25.1 Å². The molecule has 1 N–H and O–H groups in total. The van der Waals surface area contributed by atoms with Gasteiger partial charge in [-0.3, -0.25) is 0 Å². The molecule has 0 aliphatic rings. The molecule has 90 valence electrons. The van der Waals surface area contributed by atoms with Crippen LogP contribution in [0, 0.1) is 11.3 Å². The number of benzene rings is 1. The van der Waals surface area contributed by atoms with Crippen LogP contribution in [0.2, 0.25) is 0 Å². The molecule has 0 unspecified atom stereocenters. The zero-order valence-corrected chi connectivity index (χ0v) is 11.1. The van der Waals surface area contributed by atoms with E-state index in [2.05, 4.69) is 22.0 Å². The predicted molar refractivity (Wildman–Crippen MR) is 69.2 cm³/mol. The molecule has 0 aliphatic carbocycles. The quantitative estimate of drug-likeness (QED) is 0.907. The highest BCUT2D eigenvalue weighted by atomic mass is 79.9. The average molecular weight is 297 g/mol. The first kappa shape index (κ1) is 13.5. The van der Waals surface area contributed by atoms with E-state index >= 15 is 0 Å². The van der Waals surface area contributed by atoms with Gasteiger partial charge < -0.3 is 10.0 Å². The van der Waals surface area contributed by atoms with Gasteiger partial charge >= 0.3 is 5.97 Å². The summed E-state index contributed by atoms with van der Waals surface area (Å²) in [5.74, 6) is -0.956. The number of carboxylic acids is 1. The number of rotatable bonds is 5. The number of nitrogens with zero attached hydrogens (tertiary/aromatic N) is 2. The van der Waals surface area contributed by atoms with Gasteiger partial charge in [-0.1, -0.05) is 15.9 Å². The van der Waals surface area contributed by atoms with Crippen LogP contribution in [-0.4, -0.2) is 24.2 Å². The topological polar surface area (TPSA) is 64.3 Å². The van der Waals surface area contributed by atoms with E-state index in [-0.39, 0.29) is 5.56 Å². The van der Waals surface area contributed by atoms with Crippen LogP contribution in [0.1, 0.15) is 23.7 Å². The van der Waals surface area contributed by atoms with E-state index in [1.807, 2.05) is 11.8 Å². The minimum Gasteiger partial charge on any atom is -0.478 e. The molecule has 0 spiro atoms. The van der Waals surface area contributed by atoms with Crippen molar-refractivity contribution in [2.45, 2.75) is 13.3 Å². The monoisotopic (exact) mass is 296 g/mol. The van der Waals surface area contributed by atoms with Crippen LogP contribution in [0.25, 0.3) is 0 Å². The number of halogens is 1. The Morgan fingerprint density at radius 2 is 2.29 bits per heavy atom. The summed E-state index contributed by atoms with van der Waals surface area (Å²) < 4.78 is 0.827. The Hall–Kier alpha value is -1.54. The number of anilines is 1. The van der Waals surface area contributed by atoms with Crippen LogP contribution in [0.3, 0.4) is 0 Å². The molecular weight excluding hydrogens is 284 g/mol. The summed E-state index contributed by atoms with van der Waals surface area (Å²) in [7, 11) is 0. The molecule has 1 aromatic carbocycles. The highest BCUT2D eigenvalue weighted by molar-refractivity contribution is 9.10. The van der Waals surface area contributed by atoms with Crippen LogP contribution in [0.15, 0.2) is 22.7 Å². The van der Waals surface area contributed by atoms with Crippen LogP contribution in [-0.2, 0) is 0 Å². The van der Waals surface area contributed by atoms with Gasteiger partial charge in [-0.2, -0.15) is 5.26 Å². The minimum atomic E-state index is -0.956. The number of nitriles is 1. The maximum absolute atomic E-state index is 11.1. The lowest BCUT2D eigenvalue weighted by atomic mass is 10.1. The fourth-order valence-corrected chi connectivity index (χ4v) is 1.93. The molecule has 0 saturated carbocycles. The van der Waals surface area contributed by atoms with Crippen LogP contribution in [0.4, 0.5) is 5.69 Å². The zero-order valence-electron chi connectivity index (χ0n) is 9.48. The second-order valence-corrected chi connectivity index (χ2v) is 4.37. The van der Waals surface area contributed by atoms with Crippen molar-refractivity contribution in [3.63, 3.8) is 0 Å². The SMILES string of the molecule is CCN(CCC#N)c1cc(Br)ccc1C(=O)O. The first-order valence-corrected chi connectivity index (χ1v) is 6.04. The number of carbonyl (C=O) groups is 1. The third kappa shape index (κ3) is 3.46. The molecule has 0 bridgehead atoms. The third-order valence-electron chi connectivity index (χ3n) is 2.41. The Labute approximate surface area is 109 Å². The van der Waals surface area contributed by atoms with Gasteiger partial charge in [0.15, 0.2) is 0 Å². The van der Waals surface area contributed by atoms with E-state index in [1.54, 1.807) is 18.2 Å². The molecule has 17 heavy (non-hydrogen) atoms. The van der Waals surface area contributed by atoms with E-state index in [1.165, 1.54) is 0 Å². The summed E-state index contributed by atoms with van der Waals surface area (Å²) in [6.07, 6.45) is 0.374. The second kappa shape index (κ2) is 6.26. The highest BCUT2D eigenvalue weighted by Crippen LogP contribution is 2.25. The lowest BCUT2D eigenvalue weighted by Gasteiger charge is -2.23. The highest BCUT2D eigenvalue weighted by Gasteiger charge is 2.15. The van der Waals surface area contributed by atoms with Gasteiger partial charge in [0.05, 0.1) is 23.7 Å². The normalized spacial score (nSPS) is 9.71. The Morgan fingerprint density at radius 3 is 2.82 bits per heavy atom. The zero-order chi connectivity index (χ0) is 12.8. The molecule has 5 heteroatoms. The summed E-state index contributed by atoms with van der Waals surface area (Å²) in [6, 6.07) is 7.10. The summed E-state index contributed by atoms with van der Waals surface area (Å²) in [5, 5.41) is 17.7. The van der Waals surface area contributed by atoms with Crippen LogP contribution in [0.5, 0.6) is 0 Å². The largest absolute Gasteiger partial charge is 0.478 e. The van der Waals surface area contributed by atoms with Crippen molar-refractivity contribution in [3.8, 4) is 6.07 Å². The fourth-order valence-electron chi connectivity index (χ4n) is 1.58. The van der Waals surface area contributed by atoms with E-state index in [9.17, 15) is 4.79 Å². The van der Waals surface area contributed by atoms with Crippen molar-refractivity contribution in [2.24, 2.45) is 0 Å². The molecule has 4 nitrogen and oxygen atoms in total. The van der Waals surface area contributed by atoms with Gasteiger partial charge in [-0.25, -0.2) is 4.79 Å². The summed E-state index contributed by atoms with van der Waals surface area (Å²) in [5.41, 5.74) is 0.901. The molecule has 0 radical (unpaired) electrons. The molecule has 0 amide bonds. The maximum atomic E-state index is 11.1. The Bertz CT molecular complexity index is 454. The van der Waals surface area contributed by atoms with Crippen molar-refractivity contribution in [2.75, 3.05) is 18.0 Å². The third-order valence-corrected chi connectivity index (χ3v) is 2.90. The van der Waals surface area contributed by atoms with Crippen molar-refractivity contribution >= 4 is 27.6 Å². The van der Waals surface area contributed by atoms with Crippen LogP contribution < -0.4 is 4.90 Å². The van der Waals surface area contributed by atoms with Gasteiger partial charge in [0.25, 0.3) is 0 Å². The van der Waals surface area contributed by atoms with Crippen molar-refractivity contribution in [1.29, 1.82) is 5.26 Å². The van der Waals surface area contributed by atoms with Crippen LogP contribution >= 0.6 is 15.9 Å². The maximum Gasteiger partial charge on any atom is 0.337 e. The van der Waals surface area contributed by atoms with E-state index < -0.39 is 5.97 Å². The smallest absolute Gasteiger partial charge is 0.337 e. The van der Waals surface area contributed by atoms with Gasteiger partial charge in [-0.15, -0.1) is 0 Å². The van der Waals surface area contributed by atoms with Gasteiger partial charge in [0.1, 0.15) is 0 Å². The first-order valence-electron chi connectivity index (χ1n) is 5.25. The Kier molecular flexibility index (Phi) is 4.98. The van der Waals surface area contributed by atoms with Gasteiger partial charge in [0.2, 0.25) is 0 Å². The number of aromatic carboxylic acids is 1. The molecule has 0 fully saturated rings. The summed E-state index contributed by atoms with van der Waals surface area (Å²) >= 11 is 3.33. The molecule has 0 atom stereocenters. The predicted octanol–water partition coefficient (Wildman–Crippen LogP) is 2.89. The van der Waals surface area contributed by atoms with Crippen molar-refractivity contribution in [3.05, 3.63) is 28.2 Å². The lowest BCUT2D eigenvalue weighted by Crippen LogP contribution is -2.25. The van der Waals surface area contributed by atoms with Crippen molar-refractivity contribution in [1.82, 2.24) is 0 Å². The molecule has 0 aromatic heterocycles. The van der Waals surface area contributed by atoms with Gasteiger partial charge in [0, 0.05) is 17.6 Å². The van der Waals surface area contributed by atoms with Crippen molar-refractivity contribution < 1.29 is 9.90 Å². The lowest BCUT2D eigenvalue weighted by molar-refractivity contribution is 0.0697. The van der Waals surface area contributed by atoms with E-state index in [4.69, 9.17) is 10.4 Å². The molecule has 0 saturated heterocycles. The average Bonchev–Trinajstić information content (AvgIpc) is 2.29. The second-order valence-electron chi connectivity index (χ2n) is 3.45. The van der Waals surface area contributed by atoms with E-state index in [0.717, 1.165) is 4.47 Å².